The Labute approximate surface area is 146 Å². The third kappa shape index (κ3) is 4.42. The normalized spacial score (nSPS) is 15.0. The van der Waals surface area contributed by atoms with Crippen molar-refractivity contribution in [3.05, 3.63) is 52.2 Å². The first kappa shape index (κ1) is 17.1. The van der Waals surface area contributed by atoms with Crippen molar-refractivity contribution in [1.82, 2.24) is 14.9 Å². The van der Waals surface area contributed by atoms with Crippen LogP contribution in [-0.2, 0) is 0 Å². The van der Waals surface area contributed by atoms with Crippen LogP contribution in [0.2, 0.25) is 0 Å². The van der Waals surface area contributed by atoms with Crippen molar-refractivity contribution in [1.29, 1.82) is 0 Å². The second kappa shape index (κ2) is 7.43. The molecule has 0 amide bonds. The zero-order valence-electron chi connectivity index (χ0n) is 14.3. The lowest BCUT2D eigenvalue weighted by atomic mass is 10.1. The van der Waals surface area contributed by atoms with E-state index in [0.717, 1.165) is 12.8 Å². The van der Waals surface area contributed by atoms with Crippen LogP contribution in [-0.4, -0.2) is 46.5 Å². The number of hydrogen-bond acceptors (Lipinski definition) is 7. The van der Waals surface area contributed by atoms with E-state index in [1.54, 1.807) is 0 Å². The van der Waals surface area contributed by atoms with Gasteiger partial charge in [0.2, 0.25) is 11.8 Å². The topological polar surface area (TPSA) is 96.2 Å². The van der Waals surface area contributed by atoms with Crippen LogP contribution in [0.1, 0.15) is 24.4 Å². The fourth-order valence-corrected chi connectivity index (χ4v) is 2.58. The summed E-state index contributed by atoms with van der Waals surface area (Å²) in [4.78, 5) is 21.2. The van der Waals surface area contributed by atoms with Gasteiger partial charge in [-0.05, 0) is 32.5 Å². The Morgan fingerprint density at radius 3 is 2.64 bits per heavy atom. The lowest BCUT2D eigenvalue weighted by Crippen LogP contribution is -2.27. The maximum absolute atomic E-state index is 11.1. The zero-order chi connectivity index (χ0) is 17.8. The molecule has 1 aromatic heterocycles. The van der Waals surface area contributed by atoms with Crippen molar-refractivity contribution in [2.24, 2.45) is 0 Å². The highest BCUT2D eigenvalue weighted by Crippen LogP contribution is 2.29. The van der Waals surface area contributed by atoms with Gasteiger partial charge >= 0.3 is 5.69 Å². The summed E-state index contributed by atoms with van der Waals surface area (Å²) in [5.41, 5.74) is 1.09. The molecule has 0 aliphatic heterocycles. The van der Waals surface area contributed by atoms with Gasteiger partial charge in [0.1, 0.15) is 6.20 Å². The summed E-state index contributed by atoms with van der Waals surface area (Å²) >= 11 is 0. The fraction of sp³-hybridized carbons (Fsp3) is 0.412. The number of hydrogen-bond donors (Lipinski definition) is 2. The van der Waals surface area contributed by atoms with Crippen LogP contribution in [0.15, 0.2) is 36.5 Å². The van der Waals surface area contributed by atoms with Crippen LogP contribution < -0.4 is 10.6 Å². The molecule has 0 radical (unpaired) electrons. The Bertz CT molecular complexity index is 733. The SMILES string of the molecule is CN(C)C(CNc1ncc([N+](=O)[O-])c(NC2CC2)n1)c1ccccc1. The largest absolute Gasteiger partial charge is 0.361 e. The maximum atomic E-state index is 11.1. The van der Waals surface area contributed by atoms with Gasteiger partial charge < -0.3 is 15.5 Å². The predicted octanol–water partition coefficient (Wildman–Crippen LogP) is 2.67. The summed E-state index contributed by atoms with van der Waals surface area (Å²) in [6, 6.07) is 10.6. The summed E-state index contributed by atoms with van der Waals surface area (Å²) in [5.74, 6) is 0.669. The summed E-state index contributed by atoms with van der Waals surface area (Å²) in [5, 5.41) is 17.4. The minimum absolute atomic E-state index is 0.0929. The van der Waals surface area contributed by atoms with Crippen LogP contribution in [0.25, 0.3) is 0 Å². The van der Waals surface area contributed by atoms with Gasteiger partial charge in [-0.3, -0.25) is 10.1 Å². The lowest BCUT2D eigenvalue weighted by Gasteiger charge is -2.25. The smallest absolute Gasteiger partial charge is 0.329 e. The fourth-order valence-electron chi connectivity index (χ4n) is 2.58. The van der Waals surface area contributed by atoms with Crippen LogP contribution in [0, 0.1) is 10.1 Å². The van der Waals surface area contributed by atoms with Crippen molar-refractivity contribution in [3.8, 4) is 0 Å². The van der Waals surface area contributed by atoms with Crippen LogP contribution in [0.3, 0.4) is 0 Å². The molecular weight excluding hydrogens is 320 g/mol. The molecule has 1 aromatic carbocycles. The molecule has 0 spiro atoms. The van der Waals surface area contributed by atoms with E-state index in [0.29, 0.717) is 12.5 Å². The highest BCUT2D eigenvalue weighted by atomic mass is 16.6. The van der Waals surface area contributed by atoms with E-state index in [1.165, 1.54) is 11.8 Å². The number of rotatable bonds is 8. The molecule has 2 aromatic rings. The average Bonchev–Trinajstić information content (AvgIpc) is 3.39. The Morgan fingerprint density at radius 2 is 2.04 bits per heavy atom. The minimum Gasteiger partial charge on any atom is -0.361 e. The summed E-state index contributed by atoms with van der Waals surface area (Å²) in [6.45, 7) is 0.595. The summed E-state index contributed by atoms with van der Waals surface area (Å²) in [7, 11) is 4.02. The van der Waals surface area contributed by atoms with Gasteiger partial charge in [-0.25, -0.2) is 4.98 Å². The van der Waals surface area contributed by atoms with Crippen molar-refractivity contribution in [2.75, 3.05) is 31.3 Å². The third-order valence-electron chi connectivity index (χ3n) is 4.15. The van der Waals surface area contributed by atoms with E-state index in [-0.39, 0.29) is 23.6 Å². The zero-order valence-corrected chi connectivity index (χ0v) is 14.3. The molecule has 0 saturated heterocycles. The van der Waals surface area contributed by atoms with Crippen LogP contribution in [0.5, 0.6) is 0 Å². The van der Waals surface area contributed by atoms with E-state index in [4.69, 9.17) is 0 Å². The summed E-state index contributed by atoms with van der Waals surface area (Å²) < 4.78 is 0. The molecule has 1 atom stereocenters. The molecule has 0 bridgehead atoms. The Morgan fingerprint density at radius 1 is 1.32 bits per heavy atom. The van der Waals surface area contributed by atoms with E-state index in [2.05, 4.69) is 37.6 Å². The molecule has 25 heavy (non-hydrogen) atoms. The van der Waals surface area contributed by atoms with Gasteiger partial charge in [0, 0.05) is 12.6 Å². The first-order valence-corrected chi connectivity index (χ1v) is 8.28. The molecule has 1 heterocycles. The molecule has 1 aliphatic carbocycles. The molecule has 8 nitrogen and oxygen atoms in total. The maximum Gasteiger partial charge on any atom is 0.329 e. The van der Waals surface area contributed by atoms with Gasteiger partial charge in [0.05, 0.1) is 11.0 Å². The number of benzene rings is 1. The number of nitrogens with zero attached hydrogens (tertiary/aromatic N) is 4. The van der Waals surface area contributed by atoms with Gasteiger partial charge in [-0.2, -0.15) is 4.98 Å². The van der Waals surface area contributed by atoms with Gasteiger partial charge in [-0.1, -0.05) is 30.3 Å². The molecule has 1 saturated carbocycles. The highest BCUT2D eigenvalue weighted by Gasteiger charge is 2.26. The van der Waals surface area contributed by atoms with E-state index in [9.17, 15) is 10.1 Å². The second-order valence-corrected chi connectivity index (χ2v) is 6.37. The molecule has 1 fully saturated rings. The average molecular weight is 342 g/mol. The number of likely N-dealkylation sites (N-methyl/N-ethyl adjacent to an activating group) is 1. The van der Waals surface area contributed by atoms with Crippen molar-refractivity contribution in [3.63, 3.8) is 0 Å². The third-order valence-corrected chi connectivity index (χ3v) is 4.15. The second-order valence-electron chi connectivity index (χ2n) is 6.37. The molecule has 1 unspecified atom stereocenters. The van der Waals surface area contributed by atoms with E-state index < -0.39 is 4.92 Å². The monoisotopic (exact) mass is 342 g/mol. The predicted molar refractivity (Wildman–Crippen MR) is 96.7 cm³/mol. The lowest BCUT2D eigenvalue weighted by molar-refractivity contribution is -0.384. The molecule has 3 rings (SSSR count). The van der Waals surface area contributed by atoms with Crippen LogP contribution >= 0.6 is 0 Å². The first-order valence-electron chi connectivity index (χ1n) is 8.28. The summed E-state index contributed by atoms with van der Waals surface area (Å²) in [6.07, 6.45) is 3.29. The number of anilines is 2. The van der Waals surface area contributed by atoms with Crippen molar-refractivity contribution >= 4 is 17.5 Å². The standard InChI is InChI=1S/C17H22N6O2/c1-22(2)14(12-6-4-3-5-7-12)10-18-17-19-11-15(23(24)25)16(21-17)20-13-8-9-13/h3-7,11,13-14H,8-10H2,1-2H3,(H2,18,19,20,21). The first-order chi connectivity index (χ1) is 12.0. The number of aromatic nitrogens is 2. The minimum atomic E-state index is -0.457. The Hall–Kier alpha value is -2.74. The van der Waals surface area contributed by atoms with E-state index >= 15 is 0 Å². The van der Waals surface area contributed by atoms with Gasteiger partial charge in [0.25, 0.3) is 0 Å². The van der Waals surface area contributed by atoms with Crippen molar-refractivity contribution in [2.45, 2.75) is 24.9 Å². The van der Waals surface area contributed by atoms with Gasteiger partial charge in [-0.15, -0.1) is 0 Å². The van der Waals surface area contributed by atoms with E-state index in [1.807, 2.05) is 32.3 Å². The molecule has 132 valence electrons. The Kier molecular flexibility index (Phi) is 5.08. The number of nitro groups is 1. The Balaban J connectivity index is 1.74. The van der Waals surface area contributed by atoms with Crippen LogP contribution in [0.4, 0.5) is 17.5 Å². The quantitative estimate of drug-likeness (QED) is 0.562. The number of nitrogens with one attached hydrogen (secondary N) is 2. The van der Waals surface area contributed by atoms with Gasteiger partial charge in [0.15, 0.2) is 0 Å². The molecule has 8 heteroatoms. The molecule has 2 N–H and O–H groups in total. The molecule has 1 aliphatic rings. The molecular formula is C17H22N6O2. The highest BCUT2D eigenvalue weighted by molar-refractivity contribution is 5.58. The van der Waals surface area contributed by atoms with Crippen molar-refractivity contribution < 1.29 is 4.92 Å².